The van der Waals surface area contributed by atoms with E-state index in [0.29, 0.717) is 23.9 Å². The highest BCUT2D eigenvalue weighted by atomic mass is 35.5. The molecule has 1 heterocycles. The summed E-state index contributed by atoms with van der Waals surface area (Å²) in [5, 5.41) is 0. The molecule has 2 rings (SSSR count). The molecule has 100 valence electrons. The zero-order chi connectivity index (χ0) is 13.2. The molecule has 0 radical (unpaired) electrons. The van der Waals surface area contributed by atoms with E-state index in [0.717, 1.165) is 30.4 Å². The second-order valence-corrected chi connectivity index (χ2v) is 6.89. The number of aryl methyl sites for hydroxylation is 1. The summed E-state index contributed by atoms with van der Waals surface area (Å²) in [6, 6.07) is 5.20. The van der Waals surface area contributed by atoms with Gasteiger partial charge >= 0.3 is 0 Å². The normalized spacial score (nSPS) is 17.9. The van der Waals surface area contributed by atoms with Crippen molar-refractivity contribution in [3.8, 4) is 0 Å². The largest absolute Gasteiger partial charge is 0.243 e. The summed E-state index contributed by atoms with van der Waals surface area (Å²) in [6.45, 7) is 3.20. The number of alkyl halides is 1. The van der Waals surface area contributed by atoms with Gasteiger partial charge in [0.25, 0.3) is 0 Å². The molecule has 1 aliphatic heterocycles. The summed E-state index contributed by atoms with van der Waals surface area (Å²) in [5.41, 5.74) is 1.91. The molecule has 1 aromatic carbocycles. The van der Waals surface area contributed by atoms with Gasteiger partial charge < -0.3 is 0 Å². The molecular formula is C13H18ClNO2S. The molecule has 0 atom stereocenters. The van der Waals surface area contributed by atoms with Gasteiger partial charge in [-0.25, -0.2) is 8.42 Å². The average molecular weight is 288 g/mol. The lowest BCUT2D eigenvalue weighted by atomic mass is 10.1. The van der Waals surface area contributed by atoms with Gasteiger partial charge in [0.2, 0.25) is 10.0 Å². The van der Waals surface area contributed by atoms with E-state index in [-0.39, 0.29) is 0 Å². The van der Waals surface area contributed by atoms with Gasteiger partial charge in [0, 0.05) is 19.0 Å². The molecule has 3 nitrogen and oxygen atoms in total. The van der Waals surface area contributed by atoms with Crippen molar-refractivity contribution in [2.24, 2.45) is 0 Å². The molecule has 0 N–H and O–H groups in total. The van der Waals surface area contributed by atoms with E-state index >= 15 is 0 Å². The maximum atomic E-state index is 12.4. The Kier molecular flexibility index (Phi) is 4.30. The molecule has 0 bridgehead atoms. The highest BCUT2D eigenvalue weighted by molar-refractivity contribution is 7.89. The van der Waals surface area contributed by atoms with Crippen molar-refractivity contribution in [1.82, 2.24) is 4.31 Å². The van der Waals surface area contributed by atoms with Gasteiger partial charge in [0.05, 0.1) is 4.90 Å². The van der Waals surface area contributed by atoms with Crippen molar-refractivity contribution >= 4 is 21.6 Å². The molecule has 0 amide bonds. The molecular weight excluding hydrogens is 270 g/mol. The summed E-state index contributed by atoms with van der Waals surface area (Å²) in [7, 11) is -3.34. The third-order valence-electron chi connectivity index (χ3n) is 3.42. The predicted octanol–water partition coefficient (Wildman–Crippen LogP) is 2.91. The van der Waals surface area contributed by atoms with Gasteiger partial charge in [-0.3, -0.25) is 0 Å². The van der Waals surface area contributed by atoms with E-state index in [4.69, 9.17) is 11.6 Å². The number of halogens is 1. The zero-order valence-corrected chi connectivity index (χ0v) is 12.1. The SMILES string of the molecule is Cc1ccc(S(=O)(=O)N2CCCCC2)cc1CCl. The first-order chi connectivity index (χ1) is 8.55. The summed E-state index contributed by atoms with van der Waals surface area (Å²) in [6.07, 6.45) is 3.02. The van der Waals surface area contributed by atoms with E-state index in [2.05, 4.69) is 0 Å². The fraction of sp³-hybridized carbons (Fsp3) is 0.538. The maximum Gasteiger partial charge on any atom is 0.243 e. The minimum atomic E-state index is -3.34. The molecule has 1 aromatic rings. The smallest absolute Gasteiger partial charge is 0.207 e. The molecule has 0 unspecified atom stereocenters. The van der Waals surface area contributed by atoms with Crippen LogP contribution in [0.1, 0.15) is 30.4 Å². The number of nitrogens with zero attached hydrogens (tertiary/aromatic N) is 1. The first-order valence-corrected chi connectivity index (χ1v) is 8.19. The van der Waals surface area contributed by atoms with Gasteiger partial charge in [0.15, 0.2) is 0 Å². The van der Waals surface area contributed by atoms with E-state index < -0.39 is 10.0 Å². The van der Waals surface area contributed by atoms with Gasteiger partial charge in [0.1, 0.15) is 0 Å². The van der Waals surface area contributed by atoms with Crippen LogP contribution in [0.5, 0.6) is 0 Å². The third-order valence-corrected chi connectivity index (χ3v) is 5.60. The zero-order valence-electron chi connectivity index (χ0n) is 10.5. The number of benzene rings is 1. The van der Waals surface area contributed by atoms with Gasteiger partial charge in [-0.2, -0.15) is 4.31 Å². The van der Waals surface area contributed by atoms with Crippen molar-refractivity contribution in [2.45, 2.75) is 37.0 Å². The molecule has 18 heavy (non-hydrogen) atoms. The van der Waals surface area contributed by atoms with Gasteiger partial charge in [-0.05, 0) is 43.0 Å². The Morgan fingerprint density at radius 1 is 1.22 bits per heavy atom. The van der Waals surface area contributed by atoms with Crippen molar-refractivity contribution in [3.63, 3.8) is 0 Å². The molecule has 1 saturated heterocycles. The molecule has 0 spiro atoms. The Bertz CT molecular complexity index is 522. The van der Waals surface area contributed by atoms with Gasteiger partial charge in [-0.1, -0.05) is 12.5 Å². The highest BCUT2D eigenvalue weighted by Gasteiger charge is 2.26. The Labute approximate surface area is 114 Å². The topological polar surface area (TPSA) is 37.4 Å². The van der Waals surface area contributed by atoms with E-state index in [1.54, 1.807) is 16.4 Å². The summed E-state index contributed by atoms with van der Waals surface area (Å²) >= 11 is 5.83. The van der Waals surface area contributed by atoms with E-state index in [9.17, 15) is 8.42 Å². The fourth-order valence-corrected chi connectivity index (χ4v) is 4.06. The predicted molar refractivity (Wildman–Crippen MR) is 73.3 cm³/mol. The van der Waals surface area contributed by atoms with E-state index in [1.807, 2.05) is 13.0 Å². The van der Waals surface area contributed by atoms with Crippen LogP contribution in [0.2, 0.25) is 0 Å². The minimum Gasteiger partial charge on any atom is -0.207 e. The van der Waals surface area contributed by atoms with Crippen LogP contribution in [0.25, 0.3) is 0 Å². The minimum absolute atomic E-state index is 0.342. The molecule has 0 saturated carbocycles. The van der Waals surface area contributed by atoms with Crippen molar-refractivity contribution in [1.29, 1.82) is 0 Å². The Morgan fingerprint density at radius 3 is 2.50 bits per heavy atom. The molecule has 1 aliphatic rings. The van der Waals surface area contributed by atoms with Crippen molar-refractivity contribution < 1.29 is 8.42 Å². The van der Waals surface area contributed by atoms with Crippen LogP contribution >= 0.6 is 11.6 Å². The lowest BCUT2D eigenvalue weighted by molar-refractivity contribution is 0.346. The Morgan fingerprint density at radius 2 is 1.89 bits per heavy atom. The number of hydrogen-bond donors (Lipinski definition) is 0. The summed E-state index contributed by atoms with van der Waals surface area (Å²) in [5.74, 6) is 0.342. The molecule has 5 heteroatoms. The van der Waals surface area contributed by atoms with E-state index in [1.165, 1.54) is 0 Å². The second kappa shape index (κ2) is 5.59. The van der Waals surface area contributed by atoms with Crippen molar-refractivity contribution in [3.05, 3.63) is 29.3 Å². The lowest BCUT2D eigenvalue weighted by Gasteiger charge is -2.26. The Hall–Kier alpha value is -0.580. The van der Waals surface area contributed by atoms with Crippen LogP contribution in [0.4, 0.5) is 0 Å². The molecule has 1 fully saturated rings. The fourth-order valence-electron chi connectivity index (χ4n) is 2.21. The molecule has 0 aromatic heterocycles. The first-order valence-electron chi connectivity index (χ1n) is 6.21. The van der Waals surface area contributed by atoms with Crippen LogP contribution in [-0.4, -0.2) is 25.8 Å². The number of sulfonamides is 1. The second-order valence-electron chi connectivity index (χ2n) is 4.69. The highest BCUT2D eigenvalue weighted by Crippen LogP contribution is 2.23. The average Bonchev–Trinajstić information content (AvgIpc) is 2.40. The lowest BCUT2D eigenvalue weighted by Crippen LogP contribution is -2.35. The quantitative estimate of drug-likeness (QED) is 0.802. The number of rotatable bonds is 3. The first kappa shape index (κ1) is 13.8. The third kappa shape index (κ3) is 2.71. The van der Waals surface area contributed by atoms with Gasteiger partial charge in [-0.15, -0.1) is 11.6 Å². The molecule has 0 aliphatic carbocycles. The van der Waals surface area contributed by atoms with Crippen LogP contribution in [0.15, 0.2) is 23.1 Å². The monoisotopic (exact) mass is 287 g/mol. The number of hydrogen-bond acceptors (Lipinski definition) is 2. The Balaban J connectivity index is 2.34. The summed E-state index contributed by atoms with van der Waals surface area (Å²) in [4.78, 5) is 0.366. The number of piperidine rings is 1. The van der Waals surface area contributed by atoms with Crippen molar-refractivity contribution in [2.75, 3.05) is 13.1 Å². The summed E-state index contributed by atoms with van der Waals surface area (Å²) < 4.78 is 26.5. The van der Waals surface area contributed by atoms with Crippen LogP contribution in [0.3, 0.4) is 0 Å². The standard InChI is InChI=1S/C13H18ClNO2S/c1-11-5-6-13(9-12(11)10-14)18(16,17)15-7-3-2-4-8-15/h5-6,9H,2-4,7-8,10H2,1H3. The van der Waals surface area contributed by atoms with Crippen LogP contribution < -0.4 is 0 Å². The van der Waals surface area contributed by atoms with Crippen LogP contribution in [0, 0.1) is 6.92 Å². The van der Waals surface area contributed by atoms with Crippen LogP contribution in [-0.2, 0) is 15.9 Å². The maximum absolute atomic E-state index is 12.4.